The van der Waals surface area contributed by atoms with E-state index in [1.54, 1.807) is 12.4 Å². The minimum atomic E-state index is -0.202. The van der Waals surface area contributed by atoms with Gasteiger partial charge in [0.15, 0.2) is 0 Å². The summed E-state index contributed by atoms with van der Waals surface area (Å²) in [6.07, 6.45) is 3.41. The Morgan fingerprint density at radius 1 is 1.43 bits per heavy atom. The average molecular weight is 315 g/mol. The molecule has 3 rings (SSSR count). The Bertz CT molecular complexity index is 671. The van der Waals surface area contributed by atoms with Crippen LogP contribution < -0.4 is 5.32 Å². The lowest BCUT2D eigenvalue weighted by molar-refractivity contribution is -0.124. The average Bonchev–Trinajstić information content (AvgIpc) is 2.90. The van der Waals surface area contributed by atoms with Crippen molar-refractivity contribution in [2.24, 2.45) is 0 Å². The van der Waals surface area contributed by atoms with Crippen LogP contribution in [0, 0.1) is 0 Å². The Hall–Kier alpha value is -2.28. The molecule has 2 aromatic heterocycles. The number of hydrogen-bond acceptors (Lipinski definition) is 6. The maximum atomic E-state index is 11.9. The predicted molar refractivity (Wildman–Crippen MR) is 84.6 cm³/mol. The van der Waals surface area contributed by atoms with Crippen LogP contribution in [0.3, 0.4) is 0 Å². The number of rotatable bonds is 4. The summed E-state index contributed by atoms with van der Waals surface area (Å²) in [6, 6.07) is 3.73. The minimum Gasteiger partial charge on any atom is -0.350 e. The van der Waals surface area contributed by atoms with Gasteiger partial charge in [-0.1, -0.05) is 5.16 Å². The summed E-state index contributed by atoms with van der Waals surface area (Å²) in [4.78, 5) is 22.4. The molecule has 0 bridgehead atoms. The molecule has 1 N–H and O–H groups in total. The van der Waals surface area contributed by atoms with E-state index in [4.69, 9.17) is 4.52 Å². The fourth-order valence-corrected chi connectivity index (χ4v) is 2.53. The maximum Gasteiger partial charge on any atom is 0.234 e. The number of nitrogens with one attached hydrogen (secondary N) is 1. The molecule has 1 aliphatic heterocycles. The van der Waals surface area contributed by atoms with Crippen LogP contribution in [-0.2, 0) is 4.79 Å². The maximum absolute atomic E-state index is 11.9. The third-order valence-corrected chi connectivity index (χ3v) is 3.55. The van der Waals surface area contributed by atoms with Crippen molar-refractivity contribution in [1.29, 1.82) is 0 Å². The normalized spacial score (nSPS) is 16.1. The van der Waals surface area contributed by atoms with Gasteiger partial charge in [0.05, 0.1) is 12.5 Å². The van der Waals surface area contributed by atoms with Crippen molar-refractivity contribution in [1.82, 2.24) is 25.3 Å². The monoisotopic (exact) mass is 315 g/mol. The molecule has 7 nitrogen and oxygen atoms in total. The van der Waals surface area contributed by atoms with Crippen LogP contribution in [0.25, 0.3) is 11.4 Å². The molecular weight excluding hydrogens is 294 g/mol. The highest BCUT2D eigenvalue weighted by Crippen LogP contribution is 2.27. The van der Waals surface area contributed by atoms with Crippen molar-refractivity contribution >= 4 is 5.91 Å². The number of aromatic nitrogens is 3. The van der Waals surface area contributed by atoms with Gasteiger partial charge in [-0.15, -0.1) is 0 Å². The predicted octanol–water partition coefficient (Wildman–Crippen LogP) is 1.45. The number of nitrogens with zero attached hydrogens (tertiary/aromatic N) is 4. The second-order valence-corrected chi connectivity index (χ2v) is 6.89. The zero-order valence-electron chi connectivity index (χ0n) is 13.6. The molecule has 0 aromatic carbocycles. The molecule has 23 heavy (non-hydrogen) atoms. The van der Waals surface area contributed by atoms with E-state index in [0.717, 1.165) is 18.7 Å². The second kappa shape index (κ2) is 6.08. The third kappa shape index (κ3) is 3.92. The van der Waals surface area contributed by atoms with Gasteiger partial charge in [0.1, 0.15) is 0 Å². The molecule has 0 radical (unpaired) electrons. The molecular formula is C16H21N5O2. The Balaban J connectivity index is 1.52. The topological polar surface area (TPSA) is 84.2 Å². The lowest BCUT2D eigenvalue weighted by atomic mass is 10.00. The summed E-state index contributed by atoms with van der Waals surface area (Å²) in [5.41, 5.74) is 0.634. The van der Waals surface area contributed by atoms with Gasteiger partial charge >= 0.3 is 0 Å². The molecule has 1 saturated heterocycles. The van der Waals surface area contributed by atoms with Crippen LogP contribution in [0.1, 0.15) is 32.6 Å². The first-order chi connectivity index (χ1) is 10.9. The number of carbonyl (C=O) groups is 1. The van der Waals surface area contributed by atoms with Gasteiger partial charge in [0.2, 0.25) is 17.6 Å². The van der Waals surface area contributed by atoms with Crippen molar-refractivity contribution in [2.75, 3.05) is 19.6 Å². The van der Waals surface area contributed by atoms with Gasteiger partial charge < -0.3 is 9.84 Å². The lowest BCUT2D eigenvalue weighted by Crippen LogP contribution is -2.52. The molecule has 0 aliphatic carbocycles. The Kier molecular flexibility index (Phi) is 4.12. The quantitative estimate of drug-likeness (QED) is 0.919. The molecule has 1 aliphatic rings. The van der Waals surface area contributed by atoms with Crippen LogP contribution in [0.5, 0.6) is 0 Å². The molecule has 0 atom stereocenters. The molecule has 1 amide bonds. The highest BCUT2D eigenvalue weighted by molar-refractivity contribution is 5.78. The van der Waals surface area contributed by atoms with Crippen LogP contribution in [0.15, 0.2) is 29.0 Å². The van der Waals surface area contributed by atoms with Gasteiger partial charge in [-0.2, -0.15) is 4.98 Å². The smallest absolute Gasteiger partial charge is 0.234 e. The first-order valence-corrected chi connectivity index (χ1v) is 7.68. The number of amides is 1. The van der Waals surface area contributed by atoms with Gasteiger partial charge in [-0.05, 0) is 32.9 Å². The zero-order chi connectivity index (χ0) is 16.4. The lowest BCUT2D eigenvalue weighted by Gasteiger charge is -2.37. The standard InChI is InChI=1S/C16H21N5O2/c1-16(2,3)19-13(22)10-21-8-12(9-21)15-18-14(20-23-15)11-5-4-6-17-7-11/h4-7,12H,8-10H2,1-3H3,(H,19,22). The van der Waals surface area contributed by atoms with Gasteiger partial charge in [-0.3, -0.25) is 14.7 Å². The van der Waals surface area contributed by atoms with Crippen molar-refractivity contribution in [3.63, 3.8) is 0 Å². The van der Waals surface area contributed by atoms with Gasteiger partial charge in [-0.25, -0.2) is 0 Å². The summed E-state index contributed by atoms with van der Waals surface area (Å²) in [7, 11) is 0. The van der Waals surface area contributed by atoms with Gasteiger partial charge in [0, 0.05) is 36.6 Å². The molecule has 3 heterocycles. The van der Waals surface area contributed by atoms with E-state index in [2.05, 4.69) is 25.3 Å². The molecule has 0 saturated carbocycles. The number of pyridine rings is 1. The highest BCUT2D eigenvalue weighted by Gasteiger charge is 2.34. The molecule has 0 spiro atoms. The van der Waals surface area contributed by atoms with Crippen LogP contribution in [0.4, 0.5) is 0 Å². The minimum absolute atomic E-state index is 0.0394. The molecule has 7 heteroatoms. The largest absolute Gasteiger partial charge is 0.350 e. The fourth-order valence-electron chi connectivity index (χ4n) is 2.53. The summed E-state index contributed by atoms with van der Waals surface area (Å²) >= 11 is 0. The molecule has 1 fully saturated rings. The zero-order valence-corrected chi connectivity index (χ0v) is 13.6. The van der Waals surface area contributed by atoms with Gasteiger partial charge in [0.25, 0.3) is 0 Å². The number of hydrogen-bond donors (Lipinski definition) is 1. The number of likely N-dealkylation sites (tertiary alicyclic amines) is 1. The second-order valence-electron chi connectivity index (χ2n) is 6.89. The SMILES string of the molecule is CC(C)(C)NC(=O)CN1CC(c2nc(-c3cccnc3)no2)C1. The third-order valence-electron chi connectivity index (χ3n) is 3.55. The van der Waals surface area contributed by atoms with Crippen molar-refractivity contribution in [2.45, 2.75) is 32.2 Å². The van der Waals surface area contributed by atoms with E-state index in [-0.39, 0.29) is 17.4 Å². The van der Waals surface area contributed by atoms with Crippen molar-refractivity contribution in [3.8, 4) is 11.4 Å². The summed E-state index contributed by atoms with van der Waals surface area (Å²) in [5, 5.41) is 6.96. The Morgan fingerprint density at radius 3 is 2.87 bits per heavy atom. The van der Waals surface area contributed by atoms with E-state index in [9.17, 15) is 4.79 Å². The first-order valence-electron chi connectivity index (χ1n) is 7.68. The van der Waals surface area contributed by atoms with Crippen LogP contribution >= 0.6 is 0 Å². The van der Waals surface area contributed by atoms with Crippen molar-refractivity contribution in [3.05, 3.63) is 30.4 Å². The van der Waals surface area contributed by atoms with E-state index in [0.29, 0.717) is 18.3 Å². The van der Waals surface area contributed by atoms with Crippen molar-refractivity contribution < 1.29 is 9.32 Å². The summed E-state index contributed by atoms with van der Waals surface area (Å²) < 4.78 is 5.34. The fraction of sp³-hybridized carbons (Fsp3) is 0.500. The van der Waals surface area contributed by atoms with E-state index >= 15 is 0 Å². The Morgan fingerprint density at radius 2 is 2.22 bits per heavy atom. The van der Waals surface area contributed by atoms with E-state index < -0.39 is 0 Å². The molecule has 2 aromatic rings. The molecule has 122 valence electrons. The molecule has 0 unspecified atom stereocenters. The summed E-state index contributed by atoms with van der Waals surface area (Å²) in [5.74, 6) is 1.40. The Labute approximate surface area is 135 Å². The summed E-state index contributed by atoms with van der Waals surface area (Å²) in [6.45, 7) is 7.84. The highest BCUT2D eigenvalue weighted by atomic mass is 16.5. The van der Waals surface area contributed by atoms with Crippen LogP contribution in [-0.4, -0.2) is 51.1 Å². The van der Waals surface area contributed by atoms with Crippen LogP contribution in [0.2, 0.25) is 0 Å². The van der Waals surface area contributed by atoms with E-state index in [1.807, 2.05) is 32.9 Å². The number of carbonyl (C=O) groups excluding carboxylic acids is 1. The van der Waals surface area contributed by atoms with E-state index in [1.165, 1.54) is 0 Å². The first kappa shape index (κ1) is 15.6.